The number of rotatable bonds is 8. The second-order valence-corrected chi connectivity index (χ2v) is 8.32. The van der Waals surface area contributed by atoms with Crippen LogP contribution in [-0.4, -0.2) is 35.7 Å². The number of nitrogens with one attached hydrogen (secondary N) is 2. The van der Waals surface area contributed by atoms with Crippen molar-refractivity contribution >= 4 is 18.0 Å². The summed E-state index contributed by atoms with van der Waals surface area (Å²) < 4.78 is 5.50. The topological polar surface area (TPSA) is 105 Å². The van der Waals surface area contributed by atoms with Crippen LogP contribution in [-0.2, 0) is 14.3 Å². The molecule has 0 saturated heterocycles. The monoisotopic (exact) mass is 458 g/mol. The number of hydrogen-bond acceptors (Lipinski definition) is 4. The maximum Gasteiger partial charge on any atom is 0.407 e. The van der Waals surface area contributed by atoms with E-state index in [4.69, 9.17) is 4.74 Å². The third-order valence-electron chi connectivity index (χ3n) is 5.88. The lowest BCUT2D eigenvalue weighted by atomic mass is 9.98. The molecule has 7 heteroatoms. The Morgan fingerprint density at radius 1 is 0.853 bits per heavy atom. The number of aliphatic carboxylic acids is 1. The molecule has 1 aliphatic rings. The van der Waals surface area contributed by atoms with Gasteiger partial charge in [-0.05, 0) is 34.7 Å². The number of hydrogen-bond donors (Lipinski definition) is 3. The number of carboxylic acid groups (broad SMARTS) is 1. The van der Waals surface area contributed by atoms with Crippen LogP contribution in [0.5, 0.6) is 0 Å². The summed E-state index contributed by atoms with van der Waals surface area (Å²) in [6.45, 7) is 1.84. The zero-order valence-corrected chi connectivity index (χ0v) is 18.7. The predicted octanol–water partition coefficient (Wildman–Crippen LogP) is 4.25. The molecule has 0 heterocycles. The molecule has 7 nitrogen and oxygen atoms in total. The fourth-order valence-corrected chi connectivity index (χ4v) is 4.32. The van der Waals surface area contributed by atoms with Crippen molar-refractivity contribution in [3.05, 3.63) is 95.6 Å². The first-order chi connectivity index (χ1) is 16.4. The molecule has 3 aromatic carbocycles. The van der Waals surface area contributed by atoms with Gasteiger partial charge in [0.2, 0.25) is 5.91 Å². The smallest absolute Gasteiger partial charge is 0.407 e. The molecule has 0 spiro atoms. The first kappa shape index (κ1) is 23.0. The predicted molar refractivity (Wildman–Crippen MR) is 127 cm³/mol. The standard InChI is InChI=1S/C27H26N2O5/c1-17(15-24(30)29-25(26(31)32)18-9-3-2-4-10-18)28-27(33)34-16-23-21-13-7-5-11-19(21)20-12-6-8-14-22(20)23/h2-14,17,23,25H,15-16H2,1H3,(H,28,33)(H,29,30)(H,31,32)/t17?,25-/m0/s1. The molecule has 0 bridgehead atoms. The second-order valence-electron chi connectivity index (χ2n) is 8.32. The van der Waals surface area contributed by atoms with Crippen molar-refractivity contribution in [2.24, 2.45) is 0 Å². The third kappa shape index (κ3) is 5.09. The molecule has 1 aliphatic carbocycles. The van der Waals surface area contributed by atoms with Gasteiger partial charge in [-0.3, -0.25) is 4.79 Å². The minimum absolute atomic E-state index is 0.0565. The SMILES string of the molecule is CC(CC(=O)N[C@H](C(=O)O)c1ccccc1)NC(=O)OCC1c2ccccc2-c2ccccc21. The third-order valence-corrected chi connectivity index (χ3v) is 5.88. The van der Waals surface area contributed by atoms with Crippen LogP contribution >= 0.6 is 0 Å². The summed E-state index contributed by atoms with van der Waals surface area (Å²) in [5, 5.41) is 14.6. The molecular formula is C27H26N2O5. The molecule has 0 radical (unpaired) electrons. The Kier molecular flexibility index (Phi) is 6.92. The lowest BCUT2D eigenvalue weighted by Gasteiger charge is -2.19. The van der Waals surface area contributed by atoms with E-state index in [0.717, 1.165) is 22.3 Å². The first-order valence-electron chi connectivity index (χ1n) is 11.1. The Labute approximate surface area is 197 Å². The van der Waals surface area contributed by atoms with Crippen molar-refractivity contribution in [2.45, 2.75) is 31.3 Å². The Balaban J connectivity index is 1.31. The molecule has 0 aliphatic heterocycles. The average molecular weight is 459 g/mol. The number of ether oxygens (including phenoxy) is 1. The van der Waals surface area contributed by atoms with Gasteiger partial charge in [0.1, 0.15) is 6.61 Å². The molecule has 34 heavy (non-hydrogen) atoms. The zero-order valence-electron chi connectivity index (χ0n) is 18.7. The van der Waals surface area contributed by atoms with Gasteiger partial charge in [0.15, 0.2) is 6.04 Å². The van der Waals surface area contributed by atoms with Crippen molar-refractivity contribution in [2.75, 3.05) is 6.61 Å². The summed E-state index contributed by atoms with van der Waals surface area (Å²) in [7, 11) is 0. The summed E-state index contributed by atoms with van der Waals surface area (Å²) >= 11 is 0. The molecule has 174 valence electrons. The molecule has 2 atom stereocenters. The summed E-state index contributed by atoms with van der Waals surface area (Å²) in [6, 6.07) is 22.9. The Morgan fingerprint density at radius 3 is 2.00 bits per heavy atom. The van der Waals surface area contributed by atoms with E-state index < -0.39 is 30.1 Å². The van der Waals surface area contributed by atoms with Crippen LogP contribution in [0.4, 0.5) is 4.79 Å². The highest BCUT2D eigenvalue weighted by atomic mass is 16.5. The molecule has 3 N–H and O–H groups in total. The van der Waals surface area contributed by atoms with Crippen LogP contribution in [0.25, 0.3) is 11.1 Å². The van der Waals surface area contributed by atoms with Gasteiger partial charge in [-0.25, -0.2) is 9.59 Å². The van der Waals surface area contributed by atoms with Gasteiger partial charge in [-0.15, -0.1) is 0 Å². The van der Waals surface area contributed by atoms with Crippen LogP contribution in [0, 0.1) is 0 Å². The largest absolute Gasteiger partial charge is 0.479 e. The van der Waals surface area contributed by atoms with Crippen molar-refractivity contribution < 1.29 is 24.2 Å². The van der Waals surface area contributed by atoms with Crippen molar-refractivity contribution in [1.82, 2.24) is 10.6 Å². The molecule has 4 rings (SSSR count). The molecule has 2 amide bonds. The average Bonchev–Trinajstić information content (AvgIpc) is 3.15. The van der Waals surface area contributed by atoms with E-state index in [0.29, 0.717) is 5.56 Å². The molecule has 0 fully saturated rings. The highest BCUT2D eigenvalue weighted by Gasteiger charge is 2.29. The van der Waals surface area contributed by atoms with E-state index in [1.165, 1.54) is 0 Å². The van der Waals surface area contributed by atoms with Gasteiger partial charge in [-0.1, -0.05) is 78.9 Å². The quantitative estimate of drug-likeness (QED) is 0.468. The highest BCUT2D eigenvalue weighted by molar-refractivity contribution is 5.85. The van der Waals surface area contributed by atoms with Gasteiger partial charge in [0.05, 0.1) is 0 Å². The summed E-state index contributed by atoms with van der Waals surface area (Å²) in [5.41, 5.74) is 4.99. The number of carbonyl (C=O) groups is 3. The number of benzene rings is 3. The summed E-state index contributed by atoms with van der Waals surface area (Å²) in [4.78, 5) is 36.4. The number of carboxylic acids is 1. The van der Waals surface area contributed by atoms with Gasteiger partial charge < -0.3 is 20.5 Å². The van der Waals surface area contributed by atoms with Crippen LogP contribution in [0.2, 0.25) is 0 Å². The van der Waals surface area contributed by atoms with E-state index in [1.807, 2.05) is 36.4 Å². The van der Waals surface area contributed by atoms with Crippen LogP contribution in [0.15, 0.2) is 78.9 Å². The Morgan fingerprint density at radius 2 is 1.41 bits per heavy atom. The lowest BCUT2D eigenvalue weighted by molar-refractivity contribution is -0.142. The normalized spacial score (nSPS) is 13.8. The van der Waals surface area contributed by atoms with E-state index in [2.05, 4.69) is 22.8 Å². The summed E-state index contributed by atoms with van der Waals surface area (Å²) in [5.74, 6) is -1.70. The molecule has 3 aromatic rings. The summed E-state index contributed by atoms with van der Waals surface area (Å²) in [6.07, 6.45) is -0.708. The number of fused-ring (bicyclic) bond motifs is 3. The Hall–Kier alpha value is -4.13. The van der Waals surface area contributed by atoms with Crippen molar-refractivity contribution in [3.63, 3.8) is 0 Å². The number of alkyl carbamates (subject to hydrolysis) is 1. The number of carbonyl (C=O) groups excluding carboxylic acids is 2. The van der Waals surface area contributed by atoms with Crippen LogP contribution in [0.1, 0.15) is 42.0 Å². The fourth-order valence-electron chi connectivity index (χ4n) is 4.32. The van der Waals surface area contributed by atoms with E-state index in [9.17, 15) is 19.5 Å². The maximum atomic E-state index is 12.4. The van der Waals surface area contributed by atoms with E-state index in [-0.39, 0.29) is 18.9 Å². The second kappa shape index (κ2) is 10.2. The fraction of sp³-hybridized carbons (Fsp3) is 0.222. The van der Waals surface area contributed by atoms with Gasteiger partial charge >= 0.3 is 12.1 Å². The molecule has 1 unspecified atom stereocenters. The maximum absolute atomic E-state index is 12.4. The van der Waals surface area contributed by atoms with Crippen molar-refractivity contribution in [3.8, 4) is 11.1 Å². The van der Waals surface area contributed by atoms with Gasteiger partial charge in [0.25, 0.3) is 0 Å². The highest BCUT2D eigenvalue weighted by Crippen LogP contribution is 2.44. The van der Waals surface area contributed by atoms with E-state index in [1.54, 1.807) is 37.3 Å². The molecule has 0 saturated carbocycles. The van der Waals surface area contributed by atoms with Crippen LogP contribution < -0.4 is 10.6 Å². The Bertz CT molecular complexity index is 1150. The number of amides is 2. The lowest BCUT2D eigenvalue weighted by Crippen LogP contribution is -2.40. The molecule has 0 aromatic heterocycles. The molecular weight excluding hydrogens is 432 g/mol. The van der Waals surface area contributed by atoms with Gasteiger partial charge in [0, 0.05) is 18.4 Å². The van der Waals surface area contributed by atoms with E-state index >= 15 is 0 Å². The van der Waals surface area contributed by atoms with Crippen LogP contribution in [0.3, 0.4) is 0 Å². The van der Waals surface area contributed by atoms with Gasteiger partial charge in [-0.2, -0.15) is 0 Å². The minimum atomic E-state index is -1.16. The zero-order chi connectivity index (χ0) is 24.1. The first-order valence-corrected chi connectivity index (χ1v) is 11.1. The minimum Gasteiger partial charge on any atom is -0.479 e. The van der Waals surface area contributed by atoms with Crippen molar-refractivity contribution in [1.29, 1.82) is 0 Å².